The van der Waals surface area contributed by atoms with Crippen LogP contribution in [0.25, 0.3) is 0 Å². The summed E-state index contributed by atoms with van der Waals surface area (Å²) in [7, 11) is 3.28. The van der Waals surface area contributed by atoms with Gasteiger partial charge in [-0.05, 0) is 49.3 Å². The summed E-state index contributed by atoms with van der Waals surface area (Å²) in [5.41, 5.74) is 0.435. The normalized spacial score (nSPS) is 25.2. The molecular weight excluding hydrogens is 264 g/mol. The molecule has 0 heterocycles. The van der Waals surface area contributed by atoms with Crippen LogP contribution in [0.2, 0.25) is 0 Å². The number of benzene rings is 1. The summed E-state index contributed by atoms with van der Waals surface area (Å²) in [6.45, 7) is 4.27. The van der Waals surface area contributed by atoms with Crippen LogP contribution in [0.4, 0.5) is 0 Å². The fourth-order valence-electron chi connectivity index (χ4n) is 3.55. The highest BCUT2D eigenvalue weighted by Gasteiger charge is 2.34. The lowest BCUT2D eigenvalue weighted by atomic mass is 9.72. The molecule has 3 nitrogen and oxygen atoms in total. The number of hydrogen-bond donors (Lipinski definition) is 1. The summed E-state index contributed by atoms with van der Waals surface area (Å²) < 4.78 is 10.6. The van der Waals surface area contributed by atoms with Crippen LogP contribution in [0.1, 0.15) is 45.1 Å². The van der Waals surface area contributed by atoms with E-state index >= 15 is 0 Å². The second-order valence-corrected chi connectivity index (χ2v) is 6.69. The molecule has 21 heavy (non-hydrogen) atoms. The molecule has 0 aromatic heterocycles. The number of aliphatic hydroxyl groups is 1. The highest BCUT2D eigenvalue weighted by molar-refractivity contribution is 5.43. The van der Waals surface area contributed by atoms with Crippen molar-refractivity contribution in [3.8, 4) is 11.5 Å². The van der Waals surface area contributed by atoms with Gasteiger partial charge in [0.05, 0.1) is 19.8 Å². The van der Waals surface area contributed by atoms with Crippen molar-refractivity contribution in [2.75, 3.05) is 14.2 Å². The third kappa shape index (κ3) is 3.91. The van der Waals surface area contributed by atoms with E-state index in [1.165, 1.54) is 12.8 Å². The van der Waals surface area contributed by atoms with Crippen molar-refractivity contribution in [2.24, 2.45) is 11.8 Å². The van der Waals surface area contributed by atoms with E-state index in [0.717, 1.165) is 35.8 Å². The van der Waals surface area contributed by atoms with Gasteiger partial charge in [0, 0.05) is 6.42 Å². The van der Waals surface area contributed by atoms with Crippen molar-refractivity contribution in [1.82, 2.24) is 0 Å². The summed E-state index contributed by atoms with van der Waals surface area (Å²) >= 11 is 0. The Morgan fingerprint density at radius 2 is 1.90 bits per heavy atom. The van der Waals surface area contributed by atoms with Crippen LogP contribution in [-0.4, -0.2) is 24.9 Å². The van der Waals surface area contributed by atoms with Crippen LogP contribution in [0.5, 0.6) is 11.5 Å². The predicted molar refractivity (Wildman–Crippen MR) is 85.0 cm³/mol. The molecule has 1 aliphatic carbocycles. The maximum atomic E-state index is 10.9. The Labute approximate surface area is 128 Å². The Balaban J connectivity index is 2.12. The van der Waals surface area contributed by atoms with Gasteiger partial charge >= 0.3 is 0 Å². The minimum atomic E-state index is -0.658. The first kappa shape index (κ1) is 16.2. The molecule has 0 bridgehead atoms. The maximum absolute atomic E-state index is 10.9. The van der Waals surface area contributed by atoms with E-state index in [9.17, 15) is 5.11 Å². The van der Waals surface area contributed by atoms with Crippen LogP contribution in [0.15, 0.2) is 18.2 Å². The van der Waals surface area contributed by atoms with Crippen LogP contribution in [0, 0.1) is 11.8 Å². The minimum absolute atomic E-state index is 0.384. The lowest BCUT2D eigenvalue weighted by Crippen LogP contribution is -2.39. The van der Waals surface area contributed by atoms with Crippen LogP contribution in [-0.2, 0) is 6.42 Å². The van der Waals surface area contributed by atoms with Gasteiger partial charge in [-0.2, -0.15) is 0 Å². The van der Waals surface area contributed by atoms with Crippen LogP contribution < -0.4 is 9.47 Å². The Kier molecular flexibility index (Phi) is 5.15. The standard InChI is InChI=1S/C18H28O3/c1-13-6-5-7-15(10-13)18(2,19)12-14-8-9-16(20-3)17(11-14)21-4/h8-9,11,13,15,19H,5-7,10,12H2,1-4H3. The second-order valence-electron chi connectivity index (χ2n) is 6.69. The zero-order valence-corrected chi connectivity index (χ0v) is 13.7. The molecule has 0 radical (unpaired) electrons. The molecule has 118 valence electrons. The van der Waals surface area contributed by atoms with E-state index in [2.05, 4.69) is 6.92 Å². The molecule has 1 fully saturated rings. The zero-order chi connectivity index (χ0) is 15.5. The van der Waals surface area contributed by atoms with Crippen molar-refractivity contribution < 1.29 is 14.6 Å². The van der Waals surface area contributed by atoms with Gasteiger partial charge in [0.25, 0.3) is 0 Å². The molecule has 0 spiro atoms. The summed E-state index contributed by atoms with van der Waals surface area (Å²) in [5, 5.41) is 10.9. The van der Waals surface area contributed by atoms with Crippen molar-refractivity contribution in [2.45, 2.75) is 51.6 Å². The first-order valence-electron chi connectivity index (χ1n) is 7.89. The van der Waals surface area contributed by atoms with Gasteiger partial charge in [0.2, 0.25) is 0 Å². The van der Waals surface area contributed by atoms with E-state index in [4.69, 9.17) is 9.47 Å². The van der Waals surface area contributed by atoms with Gasteiger partial charge in [-0.15, -0.1) is 0 Å². The fourth-order valence-corrected chi connectivity index (χ4v) is 3.55. The lowest BCUT2D eigenvalue weighted by Gasteiger charge is -2.38. The molecule has 3 heteroatoms. The number of ether oxygens (including phenoxy) is 2. The zero-order valence-electron chi connectivity index (χ0n) is 13.7. The maximum Gasteiger partial charge on any atom is 0.160 e. The molecular formula is C18H28O3. The van der Waals surface area contributed by atoms with Gasteiger partial charge in [0.15, 0.2) is 11.5 Å². The summed E-state index contributed by atoms with van der Waals surface area (Å²) in [5.74, 6) is 2.56. The van der Waals surface area contributed by atoms with Crippen molar-refractivity contribution in [1.29, 1.82) is 0 Å². The number of hydrogen-bond acceptors (Lipinski definition) is 3. The van der Waals surface area contributed by atoms with Crippen LogP contribution >= 0.6 is 0 Å². The minimum Gasteiger partial charge on any atom is -0.493 e. The first-order valence-corrected chi connectivity index (χ1v) is 7.89. The molecule has 2 rings (SSSR count). The van der Waals surface area contributed by atoms with Gasteiger partial charge < -0.3 is 14.6 Å². The van der Waals surface area contributed by atoms with Crippen molar-refractivity contribution in [3.05, 3.63) is 23.8 Å². The Bertz CT molecular complexity index is 468. The van der Waals surface area contributed by atoms with E-state index in [1.807, 2.05) is 25.1 Å². The molecule has 1 aromatic rings. The van der Waals surface area contributed by atoms with E-state index < -0.39 is 5.60 Å². The molecule has 1 aliphatic rings. The summed E-state index contributed by atoms with van der Waals surface area (Å²) in [4.78, 5) is 0. The quantitative estimate of drug-likeness (QED) is 0.896. The van der Waals surface area contributed by atoms with Gasteiger partial charge in [-0.3, -0.25) is 0 Å². The van der Waals surface area contributed by atoms with Crippen molar-refractivity contribution in [3.63, 3.8) is 0 Å². The monoisotopic (exact) mass is 292 g/mol. The Morgan fingerprint density at radius 1 is 1.19 bits per heavy atom. The Morgan fingerprint density at radius 3 is 2.52 bits per heavy atom. The molecule has 1 aromatic carbocycles. The van der Waals surface area contributed by atoms with E-state index in [-0.39, 0.29) is 0 Å². The number of methoxy groups -OCH3 is 2. The average molecular weight is 292 g/mol. The molecule has 3 atom stereocenters. The molecule has 0 aliphatic heterocycles. The number of rotatable bonds is 5. The average Bonchev–Trinajstić information content (AvgIpc) is 2.46. The molecule has 3 unspecified atom stereocenters. The molecule has 0 saturated heterocycles. The predicted octanol–water partition coefficient (Wildman–Crippen LogP) is 3.82. The Hall–Kier alpha value is -1.22. The van der Waals surface area contributed by atoms with E-state index in [1.54, 1.807) is 14.2 Å². The topological polar surface area (TPSA) is 38.7 Å². The highest BCUT2D eigenvalue weighted by atomic mass is 16.5. The van der Waals surface area contributed by atoms with Gasteiger partial charge in [0.1, 0.15) is 0 Å². The molecule has 1 N–H and O–H groups in total. The van der Waals surface area contributed by atoms with Crippen LogP contribution in [0.3, 0.4) is 0 Å². The summed E-state index contributed by atoms with van der Waals surface area (Å²) in [6, 6.07) is 5.90. The smallest absolute Gasteiger partial charge is 0.160 e. The van der Waals surface area contributed by atoms with Gasteiger partial charge in [-0.1, -0.05) is 25.8 Å². The lowest BCUT2D eigenvalue weighted by molar-refractivity contribution is -0.0238. The van der Waals surface area contributed by atoms with E-state index in [0.29, 0.717) is 12.3 Å². The largest absolute Gasteiger partial charge is 0.493 e. The molecule has 0 amide bonds. The third-order valence-electron chi connectivity index (χ3n) is 4.83. The highest BCUT2D eigenvalue weighted by Crippen LogP contribution is 2.38. The first-order chi connectivity index (χ1) is 9.96. The van der Waals surface area contributed by atoms with Gasteiger partial charge in [-0.25, -0.2) is 0 Å². The second kappa shape index (κ2) is 6.69. The summed E-state index contributed by atoms with van der Waals surface area (Å²) in [6.07, 6.45) is 5.44. The third-order valence-corrected chi connectivity index (χ3v) is 4.83. The fraction of sp³-hybridized carbons (Fsp3) is 0.667. The molecule has 1 saturated carbocycles. The van der Waals surface area contributed by atoms with Crippen molar-refractivity contribution >= 4 is 0 Å². The SMILES string of the molecule is COc1ccc(CC(C)(O)C2CCCC(C)C2)cc1OC.